The summed E-state index contributed by atoms with van der Waals surface area (Å²) in [5.74, 6) is 0. The Morgan fingerprint density at radius 3 is 1.11 bits per heavy atom. The van der Waals surface area contributed by atoms with Gasteiger partial charge in [0, 0.05) is 50.3 Å². The third-order valence-corrected chi connectivity index (χ3v) is 10.2. The Kier molecular flexibility index (Phi) is 18.9. The lowest BCUT2D eigenvalue weighted by Crippen LogP contribution is -2.33. The molecule has 0 aliphatic heterocycles. The molecule has 4 nitrogen and oxygen atoms in total. The zero-order valence-electron chi connectivity index (χ0n) is 28.2. The van der Waals surface area contributed by atoms with Crippen LogP contribution in [0, 0.1) is 0 Å². The number of thiophene rings is 2. The van der Waals surface area contributed by atoms with E-state index >= 15 is 0 Å². The second-order valence-electron chi connectivity index (χ2n) is 12.7. The lowest BCUT2D eigenvalue weighted by Gasteiger charge is -2.04. The summed E-state index contributed by atoms with van der Waals surface area (Å²) in [6, 6.07) is 13.4. The van der Waals surface area contributed by atoms with Crippen LogP contribution in [0.15, 0.2) is 82.7 Å². The molecule has 0 atom stereocenters. The van der Waals surface area contributed by atoms with Gasteiger partial charge in [0.2, 0.25) is 0 Å². The lowest BCUT2D eigenvalue weighted by atomic mass is 10.1. The fourth-order valence-corrected chi connectivity index (χ4v) is 7.15. The molecule has 4 aromatic rings. The van der Waals surface area contributed by atoms with Gasteiger partial charge in [-0.3, -0.25) is 0 Å². The molecule has 0 amide bonds. The highest BCUT2D eigenvalue weighted by Crippen LogP contribution is 2.16. The van der Waals surface area contributed by atoms with E-state index in [4.69, 9.17) is 9.47 Å². The number of rotatable bonds is 27. The highest BCUT2D eigenvalue weighted by molar-refractivity contribution is 7.08. The molecular formula is C40H58N2O2S2+2. The molecule has 4 aromatic heterocycles. The predicted octanol–water partition coefficient (Wildman–Crippen LogP) is 10.7. The van der Waals surface area contributed by atoms with Crippen molar-refractivity contribution in [2.75, 3.05) is 13.2 Å². The summed E-state index contributed by atoms with van der Waals surface area (Å²) in [4.78, 5) is 0. The van der Waals surface area contributed by atoms with E-state index in [0.29, 0.717) is 0 Å². The molecule has 4 rings (SSSR count). The van der Waals surface area contributed by atoms with E-state index in [1.54, 1.807) is 22.7 Å². The van der Waals surface area contributed by atoms with Crippen LogP contribution in [0.4, 0.5) is 0 Å². The van der Waals surface area contributed by atoms with E-state index in [1.165, 1.54) is 125 Å². The number of pyridine rings is 2. The molecule has 0 spiro atoms. The number of hydrogen-bond acceptors (Lipinski definition) is 4. The second-order valence-corrected chi connectivity index (χ2v) is 14.2. The number of ether oxygens (including phenoxy) is 2. The molecule has 250 valence electrons. The van der Waals surface area contributed by atoms with Gasteiger partial charge in [0.05, 0.1) is 13.2 Å². The summed E-state index contributed by atoms with van der Waals surface area (Å²) in [6.45, 7) is 5.56. The number of unbranched alkanes of at least 4 members (excludes halogenated alkanes) is 14. The maximum absolute atomic E-state index is 5.76. The molecule has 0 N–H and O–H groups in total. The quantitative estimate of drug-likeness (QED) is 0.0469. The van der Waals surface area contributed by atoms with E-state index in [-0.39, 0.29) is 0 Å². The van der Waals surface area contributed by atoms with Gasteiger partial charge < -0.3 is 9.47 Å². The highest BCUT2D eigenvalue weighted by Gasteiger charge is 2.06. The van der Waals surface area contributed by atoms with Gasteiger partial charge in [0.1, 0.15) is 13.1 Å². The topological polar surface area (TPSA) is 26.2 Å². The first-order valence-corrected chi connectivity index (χ1v) is 19.9. The van der Waals surface area contributed by atoms with Gasteiger partial charge in [0.25, 0.3) is 0 Å². The number of hydrogen-bond donors (Lipinski definition) is 0. The zero-order chi connectivity index (χ0) is 31.7. The second kappa shape index (κ2) is 23.9. The van der Waals surface area contributed by atoms with Crippen LogP contribution in [0.5, 0.6) is 0 Å². The van der Waals surface area contributed by atoms with E-state index < -0.39 is 0 Å². The van der Waals surface area contributed by atoms with E-state index in [1.807, 2.05) is 0 Å². The monoisotopic (exact) mass is 662 g/mol. The third kappa shape index (κ3) is 15.9. The molecule has 46 heavy (non-hydrogen) atoms. The normalized spacial score (nSPS) is 11.4. The summed E-state index contributed by atoms with van der Waals surface area (Å²) in [6.07, 6.45) is 29.9. The van der Waals surface area contributed by atoms with Crippen LogP contribution in [0.25, 0.3) is 11.1 Å². The fourth-order valence-electron chi connectivity index (χ4n) is 5.85. The summed E-state index contributed by atoms with van der Waals surface area (Å²) in [5, 5.41) is 8.57. The molecule has 0 aliphatic carbocycles. The Bertz CT molecular complexity index is 1140. The molecule has 4 heterocycles. The molecule has 0 saturated carbocycles. The van der Waals surface area contributed by atoms with Gasteiger partial charge in [-0.25, -0.2) is 9.13 Å². The largest absolute Gasteiger partial charge is 0.377 e. The van der Waals surface area contributed by atoms with Crippen LogP contribution in [0.1, 0.15) is 114 Å². The Balaban J connectivity index is 0.935. The molecule has 0 radical (unpaired) electrons. The van der Waals surface area contributed by atoms with Gasteiger partial charge in [-0.15, -0.1) is 0 Å². The van der Waals surface area contributed by atoms with Crippen molar-refractivity contribution in [2.24, 2.45) is 0 Å². The van der Waals surface area contributed by atoms with Crippen molar-refractivity contribution in [3.63, 3.8) is 0 Å². The Hall–Kier alpha value is -2.38. The first kappa shape index (κ1) is 36.5. The summed E-state index contributed by atoms with van der Waals surface area (Å²) < 4.78 is 16.2. The average Bonchev–Trinajstić information content (AvgIpc) is 3.81. The fraction of sp³-hybridized carbons (Fsp3) is 0.550. The van der Waals surface area contributed by atoms with Gasteiger partial charge in [-0.1, -0.05) is 64.2 Å². The van der Waals surface area contributed by atoms with Gasteiger partial charge >= 0.3 is 0 Å². The van der Waals surface area contributed by atoms with Crippen LogP contribution in [-0.4, -0.2) is 13.2 Å². The van der Waals surface area contributed by atoms with Crippen molar-refractivity contribution >= 4 is 22.7 Å². The van der Waals surface area contributed by atoms with Crippen molar-refractivity contribution in [3.05, 3.63) is 93.8 Å². The third-order valence-electron chi connectivity index (χ3n) is 8.72. The Morgan fingerprint density at radius 1 is 0.413 bits per heavy atom. The van der Waals surface area contributed by atoms with E-state index in [2.05, 4.69) is 91.8 Å². The molecular weight excluding hydrogens is 605 g/mol. The number of nitrogens with zero attached hydrogens (tertiary/aromatic N) is 2. The standard InChI is InChI=1S/C40H58N2O2S2/c1(3-7-11-15-29-43-33-37-21-31-45-35-37)5-9-13-23-41-25-17-39(18-26-41)40-19-27-42(28-20-40)24-14-10-6-2-4-8-12-16-30-44-34-38-22-32-46-36-38/h17-22,25-28,31-32,35-36H,1-16,23-24,29-30,33-34H2/q+2. The summed E-state index contributed by atoms with van der Waals surface area (Å²) >= 11 is 3.48. The smallest absolute Gasteiger partial charge is 0.169 e. The van der Waals surface area contributed by atoms with Crippen molar-refractivity contribution in [1.82, 2.24) is 0 Å². The minimum atomic E-state index is 0.771. The van der Waals surface area contributed by atoms with E-state index in [0.717, 1.165) is 39.5 Å². The molecule has 6 heteroatoms. The maximum Gasteiger partial charge on any atom is 0.169 e. The zero-order valence-corrected chi connectivity index (χ0v) is 29.8. The number of aromatic nitrogens is 2. The van der Waals surface area contributed by atoms with E-state index in [9.17, 15) is 0 Å². The summed E-state index contributed by atoms with van der Waals surface area (Å²) in [7, 11) is 0. The SMILES string of the molecule is c1cc(COCCCCCCCCCC[n+]2ccc(-c3cc[n+](CCCCCCCCCCOCc4ccsc4)cc3)cc2)cs1. The van der Waals surface area contributed by atoms with Crippen molar-refractivity contribution in [3.8, 4) is 11.1 Å². The molecule has 0 fully saturated rings. The molecule has 0 saturated heterocycles. The van der Waals surface area contributed by atoms with Gasteiger partial charge in [0.15, 0.2) is 24.8 Å². The first-order valence-electron chi connectivity index (χ1n) is 18.0. The van der Waals surface area contributed by atoms with Crippen molar-refractivity contribution in [2.45, 2.75) is 129 Å². The summed E-state index contributed by atoms with van der Waals surface area (Å²) in [5.41, 5.74) is 5.21. The Morgan fingerprint density at radius 2 is 0.761 bits per heavy atom. The van der Waals surface area contributed by atoms with Crippen molar-refractivity contribution in [1.29, 1.82) is 0 Å². The van der Waals surface area contributed by atoms with Crippen LogP contribution in [0.2, 0.25) is 0 Å². The van der Waals surface area contributed by atoms with Crippen molar-refractivity contribution < 1.29 is 18.6 Å². The maximum atomic E-state index is 5.76. The van der Waals surface area contributed by atoms with Crippen LogP contribution >= 0.6 is 22.7 Å². The minimum absolute atomic E-state index is 0.771. The van der Waals surface area contributed by atoms with Gasteiger partial charge in [-0.05, 0) is 81.6 Å². The van der Waals surface area contributed by atoms with Crippen LogP contribution in [-0.2, 0) is 35.8 Å². The molecule has 0 bridgehead atoms. The van der Waals surface area contributed by atoms with Crippen LogP contribution in [0.3, 0.4) is 0 Å². The number of aryl methyl sites for hydroxylation is 2. The highest BCUT2D eigenvalue weighted by atomic mass is 32.1. The van der Waals surface area contributed by atoms with Gasteiger partial charge in [-0.2, -0.15) is 22.7 Å². The minimum Gasteiger partial charge on any atom is -0.377 e. The lowest BCUT2D eigenvalue weighted by molar-refractivity contribution is -0.697. The Labute approximate surface area is 287 Å². The average molecular weight is 663 g/mol. The predicted molar refractivity (Wildman–Crippen MR) is 194 cm³/mol. The molecule has 0 aromatic carbocycles. The van der Waals surface area contributed by atoms with Crippen LogP contribution < -0.4 is 9.13 Å². The molecule has 0 aliphatic rings. The first-order chi connectivity index (χ1) is 22.9. The molecule has 0 unspecified atom stereocenters.